The van der Waals surface area contributed by atoms with Gasteiger partial charge in [0.1, 0.15) is 5.75 Å². The van der Waals surface area contributed by atoms with E-state index < -0.39 is 5.97 Å². The summed E-state index contributed by atoms with van der Waals surface area (Å²) in [5.41, 5.74) is 2.19. The summed E-state index contributed by atoms with van der Waals surface area (Å²) < 4.78 is 5.93. The number of carboxylic acids is 1. The van der Waals surface area contributed by atoms with Crippen molar-refractivity contribution in [2.75, 3.05) is 12.4 Å². The van der Waals surface area contributed by atoms with E-state index in [0.717, 1.165) is 21.5 Å². The molecule has 0 fully saturated rings. The second-order valence-corrected chi connectivity index (χ2v) is 5.05. The van der Waals surface area contributed by atoms with Crippen molar-refractivity contribution in [1.82, 2.24) is 0 Å². The molecule has 0 spiro atoms. The molecule has 0 bridgehead atoms. The molecule has 2 aromatic rings. The van der Waals surface area contributed by atoms with Gasteiger partial charge in [0.25, 0.3) is 0 Å². The number of anilines is 1. The molecule has 0 atom stereocenters. The Hall–Kier alpha value is -2.01. The van der Waals surface area contributed by atoms with E-state index in [0.29, 0.717) is 6.54 Å². The van der Waals surface area contributed by atoms with Crippen LogP contribution in [-0.4, -0.2) is 18.2 Å². The Balaban J connectivity index is 2.08. The van der Waals surface area contributed by atoms with Crippen LogP contribution in [0.5, 0.6) is 5.75 Å². The number of halogens is 1. The predicted molar refractivity (Wildman–Crippen MR) is 81.4 cm³/mol. The number of methoxy groups -OCH3 is 1. The van der Waals surface area contributed by atoms with Crippen molar-refractivity contribution in [2.45, 2.75) is 6.54 Å². The summed E-state index contributed by atoms with van der Waals surface area (Å²) in [5.74, 6) is -0.145. The van der Waals surface area contributed by atoms with Crippen LogP contribution in [0.2, 0.25) is 0 Å². The second-order valence-electron chi connectivity index (χ2n) is 4.20. The average Bonchev–Trinajstić information content (AvgIpc) is 2.46. The molecule has 2 rings (SSSR count). The van der Waals surface area contributed by atoms with Crippen LogP contribution >= 0.6 is 15.9 Å². The molecule has 0 aromatic heterocycles. The first-order chi connectivity index (χ1) is 9.60. The normalized spacial score (nSPS) is 10.1. The van der Waals surface area contributed by atoms with Gasteiger partial charge >= 0.3 is 5.97 Å². The average molecular weight is 336 g/mol. The molecule has 0 aliphatic carbocycles. The Morgan fingerprint density at radius 2 is 2.10 bits per heavy atom. The third kappa shape index (κ3) is 3.51. The highest BCUT2D eigenvalue weighted by atomic mass is 79.9. The van der Waals surface area contributed by atoms with Crippen LogP contribution in [-0.2, 0) is 6.54 Å². The van der Waals surface area contributed by atoms with Crippen LogP contribution in [0, 0.1) is 0 Å². The van der Waals surface area contributed by atoms with E-state index in [1.807, 2.05) is 24.3 Å². The maximum atomic E-state index is 10.9. The zero-order valence-electron chi connectivity index (χ0n) is 10.9. The molecular formula is C15H14BrNO3. The van der Waals surface area contributed by atoms with Gasteiger partial charge in [-0.3, -0.25) is 0 Å². The summed E-state index contributed by atoms with van der Waals surface area (Å²) >= 11 is 3.39. The van der Waals surface area contributed by atoms with Crippen LogP contribution < -0.4 is 10.1 Å². The Kier molecular flexibility index (Phi) is 4.63. The van der Waals surface area contributed by atoms with E-state index in [1.54, 1.807) is 25.3 Å². The Labute approximate surface area is 125 Å². The first-order valence-corrected chi connectivity index (χ1v) is 6.79. The van der Waals surface area contributed by atoms with Gasteiger partial charge in [0, 0.05) is 22.8 Å². The number of hydrogen-bond donors (Lipinski definition) is 2. The molecule has 4 nitrogen and oxygen atoms in total. The standard InChI is InChI=1S/C15H14BrNO3/c1-20-13-4-2-3-12(8-13)17-9-11-6-5-10(15(18)19)7-14(11)16/h2-8,17H,9H2,1H3,(H,18,19). The van der Waals surface area contributed by atoms with Gasteiger partial charge in [-0.05, 0) is 29.8 Å². The fourth-order valence-corrected chi connectivity index (χ4v) is 2.27. The lowest BCUT2D eigenvalue weighted by molar-refractivity contribution is 0.0697. The van der Waals surface area contributed by atoms with Crippen molar-refractivity contribution in [3.05, 3.63) is 58.1 Å². The van der Waals surface area contributed by atoms with Gasteiger partial charge in [-0.25, -0.2) is 4.79 Å². The molecule has 0 saturated heterocycles. The van der Waals surface area contributed by atoms with Crippen molar-refractivity contribution in [2.24, 2.45) is 0 Å². The van der Waals surface area contributed by atoms with E-state index in [4.69, 9.17) is 9.84 Å². The Morgan fingerprint density at radius 1 is 1.30 bits per heavy atom. The highest BCUT2D eigenvalue weighted by molar-refractivity contribution is 9.10. The van der Waals surface area contributed by atoms with E-state index in [2.05, 4.69) is 21.2 Å². The lowest BCUT2D eigenvalue weighted by Crippen LogP contribution is -2.02. The van der Waals surface area contributed by atoms with Crippen molar-refractivity contribution >= 4 is 27.6 Å². The van der Waals surface area contributed by atoms with Gasteiger partial charge in [-0.1, -0.05) is 28.1 Å². The van der Waals surface area contributed by atoms with Crippen molar-refractivity contribution in [3.63, 3.8) is 0 Å². The second kappa shape index (κ2) is 6.43. The zero-order chi connectivity index (χ0) is 14.5. The van der Waals surface area contributed by atoms with Crippen LogP contribution in [0.3, 0.4) is 0 Å². The molecular weight excluding hydrogens is 322 g/mol. The third-order valence-electron chi connectivity index (χ3n) is 2.85. The first-order valence-electron chi connectivity index (χ1n) is 6.00. The number of carbonyl (C=O) groups is 1. The van der Waals surface area contributed by atoms with E-state index in [-0.39, 0.29) is 5.56 Å². The number of aromatic carboxylic acids is 1. The van der Waals surface area contributed by atoms with E-state index in [9.17, 15) is 4.79 Å². The predicted octanol–water partition coefficient (Wildman–Crippen LogP) is 3.77. The minimum atomic E-state index is -0.932. The number of rotatable bonds is 5. The molecule has 5 heteroatoms. The summed E-state index contributed by atoms with van der Waals surface area (Å²) in [6.45, 7) is 0.591. The number of carboxylic acid groups (broad SMARTS) is 1. The highest BCUT2D eigenvalue weighted by Gasteiger charge is 2.06. The largest absolute Gasteiger partial charge is 0.497 e. The maximum absolute atomic E-state index is 10.9. The van der Waals surface area contributed by atoms with Gasteiger partial charge < -0.3 is 15.2 Å². The summed E-state index contributed by atoms with van der Waals surface area (Å²) in [7, 11) is 1.63. The van der Waals surface area contributed by atoms with Crippen molar-refractivity contribution < 1.29 is 14.6 Å². The van der Waals surface area contributed by atoms with Crippen LogP contribution in [0.4, 0.5) is 5.69 Å². The summed E-state index contributed by atoms with van der Waals surface area (Å²) in [6, 6.07) is 12.6. The fraction of sp³-hybridized carbons (Fsp3) is 0.133. The molecule has 0 saturated carbocycles. The van der Waals surface area contributed by atoms with E-state index in [1.165, 1.54) is 0 Å². The van der Waals surface area contributed by atoms with Crippen LogP contribution in [0.1, 0.15) is 15.9 Å². The fourth-order valence-electron chi connectivity index (χ4n) is 1.75. The van der Waals surface area contributed by atoms with Crippen molar-refractivity contribution in [1.29, 1.82) is 0 Å². The number of ether oxygens (including phenoxy) is 1. The highest BCUT2D eigenvalue weighted by Crippen LogP contribution is 2.22. The van der Waals surface area contributed by atoms with Crippen LogP contribution in [0.25, 0.3) is 0 Å². The lowest BCUT2D eigenvalue weighted by Gasteiger charge is -2.10. The van der Waals surface area contributed by atoms with Gasteiger partial charge in [0.2, 0.25) is 0 Å². The molecule has 20 heavy (non-hydrogen) atoms. The Morgan fingerprint density at radius 3 is 2.75 bits per heavy atom. The van der Waals surface area contributed by atoms with Crippen molar-refractivity contribution in [3.8, 4) is 5.75 Å². The van der Waals surface area contributed by atoms with Gasteiger partial charge in [0.05, 0.1) is 12.7 Å². The van der Waals surface area contributed by atoms with Gasteiger partial charge in [-0.15, -0.1) is 0 Å². The zero-order valence-corrected chi connectivity index (χ0v) is 12.5. The number of benzene rings is 2. The molecule has 0 aliphatic heterocycles. The minimum Gasteiger partial charge on any atom is -0.497 e. The smallest absolute Gasteiger partial charge is 0.335 e. The summed E-state index contributed by atoms with van der Waals surface area (Å²) in [6.07, 6.45) is 0. The monoisotopic (exact) mass is 335 g/mol. The molecule has 0 aliphatic rings. The topological polar surface area (TPSA) is 58.6 Å². The third-order valence-corrected chi connectivity index (χ3v) is 3.59. The van der Waals surface area contributed by atoms with Gasteiger partial charge in [-0.2, -0.15) is 0 Å². The lowest BCUT2D eigenvalue weighted by atomic mass is 10.1. The Bertz CT molecular complexity index is 628. The molecule has 2 aromatic carbocycles. The summed E-state index contributed by atoms with van der Waals surface area (Å²) in [4.78, 5) is 10.9. The molecule has 0 unspecified atom stereocenters. The SMILES string of the molecule is COc1cccc(NCc2ccc(C(=O)O)cc2Br)c1. The minimum absolute atomic E-state index is 0.266. The molecule has 2 N–H and O–H groups in total. The molecule has 104 valence electrons. The summed E-state index contributed by atoms with van der Waals surface area (Å²) in [5, 5.41) is 12.2. The first kappa shape index (κ1) is 14.4. The number of nitrogens with one attached hydrogen (secondary N) is 1. The molecule has 0 radical (unpaired) electrons. The maximum Gasteiger partial charge on any atom is 0.335 e. The van der Waals surface area contributed by atoms with Gasteiger partial charge in [0.15, 0.2) is 0 Å². The number of hydrogen-bond acceptors (Lipinski definition) is 3. The molecule has 0 heterocycles. The van der Waals surface area contributed by atoms with Crippen LogP contribution in [0.15, 0.2) is 46.9 Å². The molecule has 0 amide bonds. The van der Waals surface area contributed by atoms with E-state index >= 15 is 0 Å². The quantitative estimate of drug-likeness (QED) is 0.873.